The topological polar surface area (TPSA) is 105 Å². The van der Waals surface area contributed by atoms with E-state index in [-0.39, 0.29) is 18.8 Å². The summed E-state index contributed by atoms with van der Waals surface area (Å²) in [4.78, 5) is 28.6. The number of ether oxygens (including phenoxy) is 1. The molecule has 2 aromatic carbocycles. The Labute approximate surface area is 164 Å². The minimum absolute atomic E-state index is 0.117. The van der Waals surface area contributed by atoms with Gasteiger partial charge in [0.1, 0.15) is 17.9 Å². The third-order valence-electron chi connectivity index (χ3n) is 4.98. The fourth-order valence-electron chi connectivity index (χ4n) is 3.76. The van der Waals surface area contributed by atoms with Crippen LogP contribution in [-0.2, 0) is 9.59 Å². The van der Waals surface area contributed by atoms with Gasteiger partial charge in [0, 0.05) is 28.2 Å². The van der Waals surface area contributed by atoms with Crippen molar-refractivity contribution in [1.82, 2.24) is 10.3 Å². The molecule has 0 fully saturated rings. The molecule has 0 radical (unpaired) electrons. The van der Waals surface area contributed by atoms with Crippen LogP contribution in [0, 0.1) is 0 Å². The van der Waals surface area contributed by atoms with Crippen molar-refractivity contribution in [3.05, 3.63) is 66.1 Å². The molecule has 0 bridgehead atoms. The van der Waals surface area contributed by atoms with E-state index in [0.29, 0.717) is 33.4 Å². The monoisotopic (exact) mass is 388 g/mol. The molecule has 144 valence electrons. The van der Waals surface area contributed by atoms with E-state index in [2.05, 4.69) is 10.3 Å². The molecule has 3 N–H and O–H groups in total. The number of para-hydroxylation sites is 1. The molecule has 0 atom stereocenters. The summed E-state index contributed by atoms with van der Waals surface area (Å²) in [5.41, 5.74) is 3.03. The van der Waals surface area contributed by atoms with Crippen LogP contribution in [0.3, 0.4) is 0 Å². The number of carbonyl (C=O) groups excluding carboxylic acids is 2. The molecule has 7 heteroatoms. The van der Waals surface area contributed by atoms with Crippen LogP contribution >= 0.6 is 0 Å². The summed E-state index contributed by atoms with van der Waals surface area (Å²) in [6.07, 6.45) is 3.23. The second-order valence-corrected chi connectivity index (χ2v) is 6.63. The number of rotatable bonds is 5. The predicted molar refractivity (Wildman–Crippen MR) is 107 cm³/mol. The molecular formula is C22H16N2O5. The van der Waals surface area contributed by atoms with Crippen molar-refractivity contribution in [3.8, 4) is 5.75 Å². The standard InChI is InChI=1S/C22H16N2O5/c25-8-10-28-17-6-5-14(20-13(17)7-9-29-20)18-19(22(27)24-21(18)26)15-11-23-16-4-2-1-3-12(15)16/h1-7,9,11,23,25H,8,10H2,(H,24,26,27). The Hall–Kier alpha value is -3.84. The molecule has 2 amide bonds. The summed E-state index contributed by atoms with van der Waals surface area (Å²) in [7, 11) is 0. The maximum Gasteiger partial charge on any atom is 0.259 e. The zero-order chi connectivity index (χ0) is 20.0. The number of hydrogen-bond acceptors (Lipinski definition) is 5. The minimum Gasteiger partial charge on any atom is -0.490 e. The molecule has 0 aliphatic carbocycles. The van der Waals surface area contributed by atoms with Gasteiger partial charge < -0.3 is 19.2 Å². The third kappa shape index (κ3) is 2.63. The molecule has 0 saturated heterocycles. The van der Waals surface area contributed by atoms with Gasteiger partial charge in [-0.05, 0) is 24.3 Å². The molecule has 3 heterocycles. The highest BCUT2D eigenvalue weighted by Gasteiger charge is 2.35. The number of carbonyl (C=O) groups is 2. The van der Waals surface area contributed by atoms with Crippen LogP contribution in [0.1, 0.15) is 11.1 Å². The molecule has 4 aromatic rings. The van der Waals surface area contributed by atoms with Crippen LogP contribution in [-0.4, -0.2) is 35.1 Å². The molecule has 1 aliphatic rings. The van der Waals surface area contributed by atoms with Gasteiger partial charge in [0.2, 0.25) is 0 Å². The van der Waals surface area contributed by atoms with Crippen molar-refractivity contribution in [2.24, 2.45) is 0 Å². The highest BCUT2D eigenvalue weighted by molar-refractivity contribution is 6.50. The largest absolute Gasteiger partial charge is 0.490 e. The molecule has 7 nitrogen and oxygen atoms in total. The van der Waals surface area contributed by atoms with Gasteiger partial charge in [0.15, 0.2) is 0 Å². The summed E-state index contributed by atoms with van der Waals surface area (Å²) in [6.45, 7) is 0.0236. The summed E-state index contributed by atoms with van der Waals surface area (Å²) < 4.78 is 11.2. The van der Waals surface area contributed by atoms with Crippen molar-refractivity contribution >= 4 is 44.8 Å². The lowest BCUT2D eigenvalue weighted by molar-refractivity contribution is -0.122. The van der Waals surface area contributed by atoms with Gasteiger partial charge in [0.05, 0.1) is 29.4 Å². The fourth-order valence-corrected chi connectivity index (χ4v) is 3.76. The Morgan fingerprint density at radius 3 is 2.55 bits per heavy atom. The van der Waals surface area contributed by atoms with E-state index in [1.807, 2.05) is 24.3 Å². The van der Waals surface area contributed by atoms with E-state index in [1.165, 1.54) is 6.26 Å². The molecule has 1 aliphatic heterocycles. The maximum atomic E-state index is 12.7. The lowest BCUT2D eigenvalue weighted by Crippen LogP contribution is -2.22. The second kappa shape index (κ2) is 6.65. The predicted octanol–water partition coefficient (Wildman–Crippen LogP) is 2.85. The lowest BCUT2D eigenvalue weighted by Gasteiger charge is -2.09. The Morgan fingerprint density at radius 1 is 0.931 bits per heavy atom. The normalized spacial score (nSPS) is 14.2. The van der Waals surface area contributed by atoms with Crippen molar-refractivity contribution in [2.75, 3.05) is 13.2 Å². The average molecular weight is 388 g/mol. The number of amides is 2. The van der Waals surface area contributed by atoms with E-state index >= 15 is 0 Å². The van der Waals surface area contributed by atoms with Crippen molar-refractivity contribution in [3.63, 3.8) is 0 Å². The number of hydrogen-bond donors (Lipinski definition) is 3. The van der Waals surface area contributed by atoms with Gasteiger partial charge in [-0.25, -0.2) is 0 Å². The quantitative estimate of drug-likeness (QED) is 0.456. The summed E-state index contributed by atoms with van der Waals surface area (Å²) in [6, 6.07) is 12.7. The summed E-state index contributed by atoms with van der Waals surface area (Å²) in [5.74, 6) is -0.391. The van der Waals surface area contributed by atoms with Crippen LogP contribution in [0.25, 0.3) is 33.0 Å². The van der Waals surface area contributed by atoms with Crippen LogP contribution in [0.15, 0.2) is 59.3 Å². The number of benzene rings is 2. The molecule has 5 rings (SSSR count). The van der Waals surface area contributed by atoms with Crippen molar-refractivity contribution < 1.29 is 23.8 Å². The second-order valence-electron chi connectivity index (χ2n) is 6.63. The number of H-pyrrole nitrogens is 1. The van der Waals surface area contributed by atoms with E-state index in [1.54, 1.807) is 24.4 Å². The van der Waals surface area contributed by atoms with Gasteiger partial charge in [0.25, 0.3) is 11.8 Å². The van der Waals surface area contributed by atoms with Crippen molar-refractivity contribution in [1.29, 1.82) is 0 Å². The molecular weight excluding hydrogens is 372 g/mol. The zero-order valence-corrected chi connectivity index (χ0v) is 15.2. The Morgan fingerprint density at radius 2 is 1.72 bits per heavy atom. The summed E-state index contributed by atoms with van der Waals surface area (Å²) >= 11 is 0. The van der Waals surface area contributed by atoms with E-state index in [4.69, 9.17) is 14.3 Å². The average Bonchev–Trinajstić information content (AvgIpc) is 3.43. The SMILES string of the molecule is O=C1NC(=O)C(c2ccc(OCCO)c3ccoc23)=C1c1c[nH]c2ccccc12. The fraction of sp³-hybridized carbons (Fsp3) is 0.0909. The van der Waals surface area contributed by atoms with Crippen LogP contribution < -0.4 is 10.1 Å². The molecule has 0 unspecified atom stereocenters. The van der Waals surface area contributed by atoms with Gasteiger partial charge >= 0.3 is 0 Å². The first-order valence-corrected chi connectivity index (χ1v) is 9.09. The van der Waals surface area contributed by atoms with E-state index < -0.39 is 11.8 Å². The highest BCUT2D eigenvalue weighted by atomic mass is 16.5. The number of furan rings is 1. The van der Waals surface area contributed by atoms with E-state index in [0.717, 1.165) is 10.9 Å². The molecule has 29 heavy (non-hydrogen) atoms. The van der Waals surface area contributed by atoms with Gasteiger partial charge in [-0.2, -0.15) is 0 Å². The minimum atomic E-state index is -0.475. The molecule has 0 spiro atoms. The Balaban J connectivity index is 1.76. The lowest BCUT2D eigenvalue weighted by atomic mass is 9.95. The molecule has 2 aromatic heterocycles. The smallest absolute Gasteiger partial charge is 0.259 e. The van der Waals surface area contributed by atoms with Crippen LogP contribution in [0.4, 0.5) is 0 Å². The van der Waals surface area contributed by atoms with Crippen LogP contribution in [0.2, 0.25) is 0 Å². The Kier molecular flexibility index (Phi) is 3.96. The molecule has 0 saturated carbocycles. The summed E-state index contributed by atoms with van der Waals surface area (Å²) in [5, 5.41) is 12.9. The number of aromatic nitrogens is 1. The highest BCUT2D eigenvalue weighted by Crippen LogP contribution is 2.39. The number of aliphatic hydroxyl groups excluding tert-OH is 1. The first-order chi connectivity index (χ1) is 14.2. The number of fused-ring (bicyclic) bond motifs is 2. The first-order valence-electron chi connectivity index (χ1n) is 9.09. The van der Waals surface area contributed by atoms with Crippen LogP contribution in [0.5, 0.6) is 5.75 Å². The first kappa shape index (κ1) is 17.3. The Bertz CT molecular complexity index is 1310. The third-order valence-corrected chi connectivity index (χ3v) is 4.98. The number of aromatic amines is 1. The number of nitrogens with one attached hydrogen (secondary N) is 2. The van der Waals surface area contributed by atoms with Crippen molar-refractivity contribution in [2.45, 2.75) is 0 Å². The van der Waals surface area contributed by atoms with Gasteiger partial charge in [-0.3, -0.25) is 14.9 Å². The van der Waals surface area contributed by atoms with Gasteiger partial charge in [-0.1, -0.05) is 18.2 Å². The number of aliphatic hydroxyl groups is 1. The van der Waals surface area contributed by atoms with E-state index in [9.17, 15) is 9.59 Å². The van der Waals surface area contributed by atoms with Gasteiger partial charge in [-0.15, -0.1) is 0 Å². The maximum absolute atomic E-state index is 12.7. The zero-order valence-electron chi connectivity index (χ0n) is 15.2. The number of imide groups is 1.